The SMILES string of the molecule is CC(C#N)N(C)C1CCOC2(CCC2)C1. The van der Waals surface area contributed by atoms with E-state index in [0.717, 1.165) is 19.4 Å². The minimum absolute atomic E-state index is 0.0187. The predicted octanol–water partition coefficient (Wildman–Crippen LogP) is 1.93. The van der Waals surface area contributed by atoms with Crippen molar-refractivity contribution in [3.05, 3.63) is 0 Å². The van der Waals surface area contributed by atoms with Gasteiger partial charge in [-0.2, -0.15) is 5.26 Å². The molecule has 1 saturated carbocycles. The Bertz CT molecular complexity index is 267. The molecule has 3 heteroatoms. The Hall–Kier alpha value is -0.590. The van der Waals surface area contributed by atoms with E-state index in [2.05, 4.69) is 18.0 Å². The van der Waals surface area contributed by atoms with Crippen LogP contribution in [-0.2, 0) is 4.74 Å². The van der Waals surface area contributed by atoms with Crippen LogP contribution < -0.4 is 0 Å². The van der Waals surface area contributed by atoms with E-state index in [1.54, 1.807) is 0 Å². The largest absolute Gasteiger partial charge is 0.375 e. The van der Waals surface area contributed by atoms with E-state index in [0.29, 0.717) is 6.04 Å². The molecular weight excluding hydrogens is 188 g/mol. The highest BCUT2D eigenvalue weighted by molar-refractivity contribution is 4.99. The Morgan fingerprint density at radius 1 is 1.53 bits per heavy atom. The molecule has 15 heavy (non-hydrogen) atoms. The standard InChI is InChI=1S/C12H20N2O/c1-10(9-13)14(2)11-4-7-15-12(8-11)5-3-6-12/h10-11H,3-8H2,1-2H3. The van der Waals surface area contributed by atoms with Crippen LogP contribution in [0, 0.1) is 11.3 Å². The van der Waals surface area contributed by atoms with E-state index in [9.17, 15) is 0 Å². The highest BCUT2D eigenvalue weighted by Crippen LogP contribution is 2.43. The number of nitrogens with zero attached hydrogens (tertiary/aromatic N) is 2. The monoisotopic (exact) mass is 208 g/mol. The topological polar surface area (TPSA) is 36.3 Å². The third-order valence-corrected chi connectivity index (χ3v) is 4.11. The first-order valence-electron chi connectivity index (χ1n) is 5.92. The second-order valence-electron chi connectivity index (χ2n) is 5.00. The lowest BCUT2D eigenvalue weighted by Crippen LogP contribution is -2.52. The first-order valence-corrected chi connectivity index (χ1v) is 5.92. The summed E-state index contributed by atoms with van der Waals surface area (Å²) in [6.07, 6.45) is 5.95. The molecule has 2 unspecified atom stereocenters. The molecule has 1 saturated heterocycles. The zero-order valence-electron chi connectivity index (χ0n) is 9.70. The molecule has 0 aromatic heterocycles. The molecule has 2 fully saturated rings. The summed E-state index contributed by atoms with van der Waals surface area (Å²) in [5.74, 6) is 0. The summed E-state index contributed by atoms with van der Waals surface area (Å²) in [5.41, 5.74) is 0.187. The molecule has 1 heterocycles. The molecule has 1 aliphatic heterocycles. The van der Waals surface area contributed by atoms with Gasteiger partial charge in [0.15, 0.2) is 0 Å². The average Bonchev–Trinajstić information content (AvgIpc) is 2.25. The van der Waals surface area contributed by atoms with Crippen LogP contribution in [0.1, 0.15) is 39.0 Å². The summed E-state index contributed by atoms with van der Waals surface area (Å²) in [4.78, 5) is 2.21. The fourth-order valence-electron chi connectivity index (χ4n) is 2.68. The third-order valence-electron chi connectivity index (χ3n) is 4.11. The van der Waals surface area contributed by atoms with E-state index >= 15 is 0 Å². The molecule has 2 atom stereocenters. The Morgan fingerprint density at radius 2 is 2.27 bits per heavy atom. The lowest BCUT2D eigenvalue weighted by molar-refractivity contribution is -0.147. The van der Waals surface area contributed by atoms with Gasteiger partial charge >= 0.3 is 0 Å². The van der Waals surface area contributed by atoms with Gasteiger partial charge in [-0.25, -0.2) is 0 Å². The summed E-state index contributed by atoms with van der Waals surface area (Å²) in [5, 5.41) is 8.91. The maximum Gasteiger partial charge on any atom is 0.0949 e. The molecule has 0 aromatic carbocycles. The van der Waals surface area contributed by atoms with Gasteiger partial charge in [-0.05, 0) is 46.1 Å². The van der Waals surface area contributed by atoms with Crippen LogP contribution in [0.15, 0.2) is 0 Å². The molecule has 0 aromatic rings. The van der Waals surface area contributed by atoms with Crippen LogP contribution in [0.3, 0.4) is 0 Å². The number of rotatable bonds is 2. The van der Waals surface area contributed by atoms with Crippen molar-refractivity contribution in [2.75, 3.05) is 13.7 Å². The van der Waals surface area contributed by atoms with Crippen molar-refractivity contribution in [3.8, 4) is 6.07 Å². The normalized spacial score (nSPS) is 30.9. The molecule has 2 aliphatic rings. The maximum atomic E-state index is 8.91. The first kappa shape index (κ1) is 10.9. The van der Waals surface area contributed by atoms with Gasteiger partial charge in [-0.15, -0.1) is 0 Å². The predicted molar refractivity (Wildman–Crippen MR) is 58.4 cm³/mol. The summed E-state index contributed by atoms with van der Waals surface area (Å²) in [7, 11) is 2.07. The smallest absolute Gasteiger partial charge is 0.0949 e. The van der Waals surface area contributed by atoms with Gasteiger partial charge in [0.2, 0.25) is 0 Å². The van der Waals surface area contributed by atoms with Gasteiger partial charge in [0.05, 0.1) is 17.7 Å². The minimum atomic E-state index is 0.0187. The molecule has 2 rings (SSSR count). The van der Waals surface area contributed by atoms with Crippen LogP contribution in [0.4, 0.5) is 0 Å². The number of nitriles is 1. The van der Waals surface area contributed by atoms with Crippen molar-refractivity contribution in [1.29, 1.82) is 5.26 Å². The number of hydrogen-bond donors (Lipinski definition) is 0. The van der Waals surface area contributed by atoms with Crippen molar-refractivity contribution >= 4 is 0 Å². The molecule has 3 nitrogen and oxygen atoms in total. The third kappa shape index (κ3) is 2.02. The quantitative estimate of drug-likeness (QED) is 0.695. The fourth-order valence-corrected chi connectivity index (χ4v) is 2.68. The van der Waals surface area contributed by atoms with E-state index in [-0.39, 0.29) is 11.6 Å². The molecule has 84 valence electrons. The van der Waals surface area contributed by atoms with Crippen molar-refractivity contribution in [2.45, 2.75) is 56.7 Å². The second-order valence-corrected chi connectivity index (χ2v) is 5.00. The van der Waals surface area contributed by atoms with E-state index in [1.165, 1.54) is 19.3 Å². The summed E-state index contributed by atoms with van der Waals surface area (Å²) < 4.78 is 5.89. The van der Waals surface area contributed by atoms with Crippen LogP contribution in [-0.4, -0.2) is 36.2 Å². The fraction of sp³-hybridized carbons (Fsp3) is 0.917. The zero-order chi connectivity index (χ0) is 10.9. The molecule has 1 aliphatic carbocycles. The highest BCUT2D eigenvalue weighted by Gasteiger charge is 2.43. The van der Waals surface area contributed by atoms with E-state index in [4.69, 9.17) is 10.00 Å². The van der Waals surface area contributed by atoms with Crippen LogP contribution >= 0.6 is 0 Å². The molecule has 0 amide bonds. The maximum absolute atomic E-state index is 8.91. The molecule has 1 spiro atoms. The van der Waals surface area contributed by atoms with Crippen molar-refractivity contribution < 1.29 is 4.74 Å². The van der Waals surface area contributed by atoms with Crippen molar-refractivity contribution in [2.24, 2.45) is 0 Å². The summed E-state index contributed by atoms with van der Waals surface area (Å²) >= 11 is 0. The van der Waals surface area contributed by atoms with E-state index < -0.39 is 0 Å². The molecule has 0 N–H and O–H groups in total. The lowest BCUT2D eigenvalue weighted by Gasteiger charge is -2.49. The Labute approximate surface area is 92.0 Å². The Kier molecular flexibility index (Phi) is 2.99. The highest BCUT2D eigenvalue weighted by atomic mass is 16.5. The van der Waals surface area contributed by atoms with Crippen LogP contribution in [0.2, 0.25) is 0 Å². The second kappa shape index (κ2) is 4.11. The minimum Gasteiger partial charge on any atom is -0.375 e. The summed E-state index contributed by atoms with van der Waals surface area (Å²) in [6.45, 7) is 2.84. The van der Waals surface area contributed by atoms with Gasteiger partial charge in [0.25, 0.3) is 0 Å². The first-order chi connectivity index (χ1) is 7.17. The molecular formula is C12H20N2O. The molecule has 0 radical (unpaired) electrons. The van der Waals surface area contributed by atoms with Crippen LogP contribution in [0.5, 0.6) is 0 Å². The van der Waals surface area contributed by atoms with E-state index in [1.807, 2.05) is 6.92 Å². The van der Waals surface area contributed by atoms with Gasteiger partial charge in [0.1, 0.15) is 0 Å². The average molecular weight is 208 g/mol. The molecule has 0 bridgehead atoms. The lowest BCUT2D eigenvalue weighted by atomic mass is 9.73. The van der Waals surface area contributed by atoms with Crippen LogP contribution in [0.25, 0.3) is 0 Å². The number of hydrogen-bond acceptors (Lipinski definition) is 3. The van der Waals surface area contributed by atoms with Gasteiger partial charge in [0, 0.05) is 12.6 Å². The van der Waals surface area contributed by atoms with Crippen molar-refractivity contribution in [3.63, 3.8) is 0 Å². The zero-order valence-corrected chi connectivity index (χ0v) is 9.70. The van der Waals surface area contributed by atoms with Gasteiger partial charge < -0.3 is 4.74 Å². The Balaban J connectivity index is 1.95. The Morgan fingerprint density at radius 3 is 2.80 bits per heavy atom. The van der Waals surface area contributed by atoms with Gasteiger partial charge in [-0.3, -0.25) is 4.90 Å². The van der Waals surface area contributed by atoms with Gasteiger partial charge in [-0.1, -0.05) is 0 Å². The number of ether oxygens (including phenoxy) is 1. The van der Waals surface area contributed by atoms with Crippen molar-refractivity contribution in [1.82, 2.24) is 4.90 Å². The summed E-state index contributed by atoms with van der Waals surface area (Å²) in [6, 6.07) is 2.87.